The maximum absolute atomic E-state index is 13.0. The number of aromatic hydroxyl groups is 1. The van der Waals surface area contributed by atoms with Gasteiger partial charge in [-0.3, -0.25) is 4.58 Å². The van der Waals surface area contributed by atoms with Crippen molar-refractivity contribution in [3.05, 3.63) is 58.4 Å². The lowest BCUT2D eigenvalue weighted by Crippen LogP contribution is -2.66. The summed E-state index contributed by atoms with van der Waals surface area (Å²) in [4.78, 5) is 31.2. The first-order valence-electron chi connectivity index (χ1n) is 17.0. The van der Waals surface area contributed by atoms with Gasteiger partial charge in [-0.05, 0) is 76.0 Å². The molecule has 268 valence electrons. The molecule has 1 aromatic heterocycles. The maximum atomic E-state index is 13.0. The van der Waals surface area contributed by atoms with Gasteiger partial charge in [0.2, 0.25) is 20.3 Å². The molecule has 3 aromatic rings. The summed E-state index contributed by atoms with van der Waals surface area (Å²) in [5, 5.41) is 19.4. The molecule has 2 saturated heterocycles. The summed E-state index contributed by atoms with van der Waals surface area (Å²) in [5.74, 6) is -0.0475. The molecule has 2 aliphatic heterocycles. The SMILES string of the molecule is CC[Si](CC)(CC)OO[C@H]1[C@@H](OOC2CCCCO2)[C@H](Oc2ccc3c(O)c(N=Nc4ccccc4)c(=O)oc3c2C)OC(C)(C)[C@@H]1OC. The van der Waals surface area contributed by atoms with E-state index in [0.717, 1.165) is 31.0 Å². The van der Waals surface area contributed by atoms with Crippen LogP contribution in [0.5, 0.6) is 11.5 Å². The Hall–Kier alpha value is -3.21. The molecule has 0 bridgehead atoms. The fraction of sp³-hybridized carbons (Fsp3) is 0.571. The summed E-state index contributed by atoms with van der Waals surface area (Å²) in [6, 6.07) is 14.7. The van der Waals surface area contributed by atoms with E-state index < -0.39 is 50.4 Å². The zero-order chi connectivity index (χ0) is 35.2. The highest BCUT2D eigenvalue weighted by Gasteiger charge is 2.55. The van der Waals surface area contributed by atoms with Gasteiger partial charge in [0.05, 0.1) is 16.7 Å². The van der Waals surface area contributed by atoms with E-state index in [9.17, 15) is 9.90 Å². The molecule has 3 heterocycles. The first-order valence-corrected chi connectivity index (χ1v) is 19.5. The topological polar surface area (TPSA) is 149 Å². The normalized spacial score (nSPS) is 24.4. The Kier molecular flexibility index (Phi) is 12.3. The summed E-state index contributed by atoms with van der Waals surface area (Å²) < 4.78 is 36.7. The van der Waals surface area contributed by atoms with Gasteiger partial charge in [0.25, 0.3) is 0 Å². The van der Waals surface area contributed by atoms with Crippen LogP contribution < -0.4 is 10.4 Å². The van der Waals surface area contributed by atoms with Gasteiger partial charge in [0.1, 0.15) is 17.4 Å². The Morgan fingerprint density at radius 3 is 2.35 bits per heavy atom. The highest BCUT2D eigenvalue weighted by atomic mass is 28.4. The third-order valence-corrected chi connectivity index (χ3v) is 13.7. The van der Waals surface area contributed by atoms with E-state index in [0.29, 0.717) is 30.0 Å². The predicted octanol–water partition coefficient (Wildman–Crippen LogP) is 7.92. The van der Waals surface area contributed by atoms with Gasteiger partial charge < -0.3 is 28.5 Å². The monoisotopic (exact) mass is 700 g/mol. The molecule has 0 spiro atoms. The average Bonchev–Trinajstić information content (AvgIpc) is 3.10. The van der Waals surface area contributed by atoms with Crippen molar-refractivity contribution in [3.63, 3.8) is 0 Å². The van der Waals surface area contributed by atoms with E-state index in [-0.39, 0.29) is 22.4 Å². The lowest BCUT2D eigenvalue weighted by molar-refractivity contribution is -0.468. The van der Waals surface area contributed by atoms with Crippen LogP contribution in [0.1, 0.15) is 59.4 Å². The minimum atomic E-state index is -2.21. The molecule has 0 saturated carbocycles. The second kappa shape index (κ2) is 16.2. The molecule has 5 rings (SSSR count). The van der Waals surface area contributed by atoms with Gasteiger partial charge in [0, 0.05) is 25.7 Å². The molecule has 49 heavy (non-hydrogen) atoms. The highest BCUT2D eigenvalue weighted by molar-refractivity contribution is 6.73. The Morgan fingerprint density at radius 1 is 0.959 bits per heavy atom. The molecule has 1 unspecified atom stereocenters. The third-order valence-electron chi connectivity index (χ3n) is 9.42. The lowest BCUT2D eigenvalue weighted by Gasteiger charge is -2.48. The molecule has 2 aromatic carbocycles. The van der Waals surface area contributed by atoms with Crippen molar-refractivity contribution in [1.82, 2.24) is 0 Å². The second-order valence-electron chi connectivity index (χ2n) is 12.9. The number of nitrogens with zero attached hydrogens (tertiary/aromatic N) is 2. The van der Waals surface area contributed by atoms with Crippen molar-refractivity contribution < 1.29 is 47.7 Å². The largest absolute Gasteiger partial charge is 0.505 e. The molecule has 2 aliphatic rings. The van der Waals surface area contributed by atoms with Crippen LogP contribution in [0.4, 0.5) is 11.4 Å². The number of hydrogen-bond donors (Lipinski definition) is 1. The molecule has 13 nitrogen and oxygen atoms in total. The number of hydrogen-bond acceptors (Lipinski definition) is 13. The molecule has 14 heteroatoms. The zero-order valence-corrected chi connectivity index (χ0v) is 30.3. The Bertz CT molecular complexity index is 1620. The number of aryl methyl sites for hydroxylation is 1. The quantitative estimate of drug-likeness (QED) is 0.0575. The lowest BCUT2D eigenvalue weighted by atomic mass is 9.89. The number of fused-ring (bicyclic) bond motifs is 1. The van der Waals surface area contributed by atoms with Crippen LogP contribution in [0.15, 0.2) is 61.9 Å². The van der Waals surface area contributed by atoms with Crippen LogP contribution in [-0.2, 0) is 33.5 Å². The standard InChI is InChI=1S/C35H48N2O11Si/c1-8-49(9-2,10-3)48-47-30-31(46-45-26-18-14-15-21-41-26)34(44-35(5,6)32(30)40-7)42-25-20-19-24-28(38)27(33(39)43-29(24)22(25)4)37-36-23-16-12-11-13-17-23/h11-13,16-17,19-20,26,30-32,34,38H,8-10,14-15,18,21H2,1-7H3/t26?,30-,31+,32+,34+/m0/s1. The Morgan fingerprint density at radius 2 is 1.69 bits per heavy atom. The van der Waals surface area contributed by atoms with E-state index >= 15 is 0 Å². The molecular weight excluding hydrogens is 652 g/mol. The van der Waals surface area contributed by atoms with Crippen molar-refractivity contribution >= 4 is 30.7 Å². The number of benzene rings is 2. The molecule has 1 N–H and O–H groups in total. The minimum Gasteiger partial charge on any atom is -0.505 e. The third kappa shape index (κ3) is 8.23. The van der Waals surface area contributed by atoms with Crippen LogP contribution in [0, 0.1) is 6.92 Å². The molecular formula is C35H48N2O11Si. The summed E-state index contributed by atoms with van der Waals surface area (Å²) in [7, 11) is -0.633. The first-order chi connectivity index (χ1) is 23.6. The average molecular weight is 701 g/mol. The van der Waals surface area contributed by atoms with Gasteiger partial charge in [-0.1, -0.05) is 39.0 Å². The molecule has 0 amide bonds. The van der Waals surface area contributed by atoms with E-state index in [1.165, 1.54) is 0 Å². The summed E-state index contributed by atoms with van der Waals surface area (Å²) in [5.41, 5.74) is -1.03. The summed E-state index contributed by atoms with van der Waals surface area (Å²) >= 11 is 0. The van der Waals surface area contributed by atoms with Crippen molar-refractivity contribution in [1.29, 1.82) is 0 Å². The van der Waals surface area contributed by atoms with Crippen molar-refractivity contribution in [3.8, 4) is 11.5 Å². The van der Waals surface area contributed by atoms with Crippen LogP contribution in [-0.4, -0.2) is 63.6 Å². The van der Waals surface area contributed by atoms with Gasteiger partial charge in [-0.15, -0.1) is 5.11 Å². The van der Waals surface area contributed by atoms with Crippen LogP contribution in [0.25, 0.3) is 11.0 Å². The number of azo groups is 1. The fourth-order valence-electron chi connectivity index (χ4n) is 6.17. The number of methoxy groups -OCH3 is 1. The van der Waals surface area contributed by atoms with E-state index in [4.69, 9.17) is 42.6 Å². The van der Waals surface area contributed by atoms with E-state index in [1.54, 1.807) is 50.4 Å². The van der Waals surface area contributed by atoms with E-state index in [2.05, 4.69) is 31.0 Å². The highest BCUT2D eigenvalue weighted by Crippen LogP contribution is 2.41. The van der Waals surface area contributed by atoms with E-state index in [1.807, 2.05) is 19.9 Å². The molecule has 2 fully saturated rings. The first kappa shape index (κ1) is 37.1. The van der Waals surface area contributed by atoms with Crippen molar-refractivity contribution in [2.24, 2.45) is 10.2 Å². The fourth-order valence-corrected chi connectivity index (χ4v) is 8.34. The van der Waals surface area contributed by atoms with Crippen molar-refractivity contribution in [2.45, 2.75) is 115 Å². The summed E-state index contributed by atoms with van der Waals surface area (Å²) in [6.45, 7) is 12.3. The molecule has 5 atom stereocenters. The van der Waals surface area contributed by atoms with Gasteiger partial charge in [-0.2, -0.15) is 5.11 Å². The minimum absolute atomic E-state index is 0.119. The van der Waals surface area contributed by atoms with Crippen molar-refractivity contribution in [2.75, 3.05) is 13.7 Å². The van der Waals surface area contributed by atoms with Crippen LogP contribution >= 0.6 is 0 Å². The smallest absolute Gasteiger partial charge is 0.368 e. The van der Waals surface area contributed by atoms with Gasteiger partial charge in [0.15, 0.2) is 24.2 Å². The maximum Gasteiger partial charge on any atom is 0.368 e. The Labute approximate surface area is 287 Å². The predicted molar refractivity (Wildman–Crippen MR) is 183 cm³/mol. The van der Waals surface area contributed by atoms with Gasteiger partial charge in [-0.25, -0.2) is 19.5 Å². The molecule has 0 radical (unpaired) electrons. The Balaban J connectivity index is 1.48. The zero-order valence-electron chi connectivity index (χ0n) is 29.3. The number of ether oxygens (including phenoxy) is 4. The second-order valence-corrected chi connectivity index (χ2v) is 17.5. The molecule has 0 aliphatic carbocycles. The summed E-state index contributed by atoms with van der Waals surface area (Å²) in [6.07, 6.45) is -1.60. The van der Waals surface area contributed by atoms with Crippen LogP contribution in [0.3, 0.4) is 0 Å². The van der Waals surface area contributed by atoms with Crippen LogP contribution in [0.2, 0.25) is 18.1 Å². The van der Waals surface area contributed by atoms with Gasteiger partial charge >= 0.3 is 5.63 Å². The number of rotatable bonds is 14.